The van der Waals surface area contributed by atoms with E-state index in [1.807, 2.05) is 43.5 Å². The first-order chi connectivity index (χ1) is 13.6. The molecular formula is C21H25N5O2. The summed E-state index contributed by atoms with van der Waals surface area (Å²) in [4.78, 5) is 27.2. The molecule has 4 rings (SSSR count). The Morgan fingerprint density at radius 2 is 1.96 bits per heavy atom. The predicted octanol–water partition coefficient (Wildman–Crippen LogP) is 2.81. The van der Waals surface area contributed by atoms with Crippen molar-refractivity contribution in [3.63, 3.8) is 0 Å². The maximum Gasteiger partial charge on any atom is 0.223 e. The lowest BCUT2D eigenvalue weighted by Gasteiger charge is -2.32. The van der Waals surface area contributed by atoms with Gasteiger partial charge in [0.05, 0.1) is 12.6 Å². The molecule has 0 saturated carbocycles. The standard InChI is InChI=1S/C21H25N5O2/c1-14-24-18-7-10-22-19(18)20(25-14)26-11-8-16(9-12-26)21(27)23-13-15-3-5-17(28-2)6-4-15/h3-7,10,16,22H,8-9,11-13H2,1-2H3,(H,23,27). The number of carbonyl (C=O) groups is 1. The molecule has 146 valence electrons. The molecule has 1 aromatic carbocycles. The normalized spacial score (nSPS) is 15.0. The number of H-pyrrole nitrogens is 1. The van der Waals surface area contributed by atoms with E-state index in [4.69, 9.17) is 4.74 Å². The van der Waals surface area contributed by atoms with Gasteiger partial charge in [0.2, 0.25) is 5.91 Å². The summed E-state index contributed by atoms with van der Waals surface area (Å²) in [6.45, 7) is 4.07. The fourth-order valence-electron chi connectivity index (χ4n) is 3.70. The lowest BCUT2D eigenvalue weighted by atomic mass is 9.95. The van der Waals surface area contributed by atoms with E-state index < -0.39 is 0 Å². The number of aromatic amines is 1. The second-order valence-corrected chi connectivity index (χ2v) is 7.16. The molecule has 3 heterocycles. The van der Waals surface area contributed by atoms with Gasteiger partial charge in [-0.25, -0.2) is 9.97 Å². The van der Waals surface area contributed by atoms with Gasteiger partial charge in [-0.3, -0.25) is 4.79 Å². The van der Waals surface area contributed by atoms with Crippen molar-refractivity contribution in [2.45, 2.75) is 26.3 Å². The second-order valence-electron chi connectivity index (χ2n) is 7.16. The van der Waals surface area contributed by atoms with Crippen LogP contribution >= 0.6 is 0 Å². The predicted molar refractivity (Wildman–Crippen MR) is 108 cm³/mol. The minimum absolute atomic E-state index is 0.0385. The topological polar surface area (TPSA) is 83.1 Å². The molecule has 0 unspecified atom stereocenters. The number of fused-ring (bicyclic) bond motifs is 1. The van der Waals surface area contributed by atoms with E-state index in [-0.39, 0.29) is 11.8 Å². The molecule has 1 saturated heterocycles. The van der Waals surface area contributed by atoms with Gasteiger partial charge in [-0.1, -0.05) is 12.1 Å². The largest absolute Gasteiger partial charge is 0.497 e. The number of ether oxygens (including phenoxy) is 1. The number of methoxy groups -OCH3 is 1. The van der Waals surface area contributed by atoms with Crippen LogP contribution in [0.15, 0.2) is 36.5 Å². The molecule has 1 aliphatic heterocycles. The van der Waals surface area contributed by atoms with Crippen LogP contribution in [-0.4, -0.2) is 41.1 Å². The molecule has 7 heteroatoms. The number of hydrogen-bond donors (Lipinski definition) is 2. The van der Waals surface area contributed by atoms with Crippen LogP contribution in [0.1, 0.15) is 24.2 Å². The minimum atomic E-state index is 0.0385. The zero-order valence-electron chi connectivity index (χ0n) is 16.2. The average molecular weight is 379 g/mol. The molecular weight excluding hydrogens is 354 g/mol. The molecule has 2 N–H and O–H groups in total. The van der Waals surface area contributed by atoms with Crippen LogP contribution in [0.2, 0.25) is 0 Å². The number of amides is 1. The van der Waals surface area contributed by atoms with E-state index in [0.717, 1.165) is 59.9 Å². The number of hydrogen-bond acceptors (Lipinski definition) is 5. The number of carbonyl (C=O) groups excluding carboxylic acids is 1. The van der Waals surface area contributed by atoms with Gasteiger partial charge in [-0.2, -0.15) is 0 Å². The molecule has 3 aromatic rings. The number of anilines is 1. The Hall–Kier alpha value is -3.09. The number of nitrogens with one attached hydrogen (secondary N) is 2. The van der Waals surface area contributed by atoms with Crippen molar-refractivity contribution < 1.29 is 9.53 Å². The maximum atomic E-state index is 12.6. The van der Waals surface area contributed by atoms with E-state index in [0.29, 0.717) is 6.54 Å². The van der Waals surface area contributed by atoms with Crippen molar-refractivity contribution in [3.05, 3.63) is 47.9 Å². The van der Waals surface area contributed by atoms with Gasteiger partial charge in [-0.15, -0.1) is 0 Å². The summed E-state index contributed by atoms with van der Waals surface area (Å²) in [7, 11) is 1.65. The lowest BCUT2D eigenvalue weighted by Crippen LogP contribution is -2.40. The first kappa shape index (κ1) is 18.3. The molecule has 1 amide bonds. The van der Waals surface area contributed by atoms with Crippen molar-refractivity contribution in [3.8, 4) is 5.75 Å². The van der Waals surface area contributed by atoms with Crippen molar-refractivity contribution in [1.29, 1.82) is 0 Å². The fourth-order valence-corrected chi connectivity index (χ4v) is 3.70. The molecule has 0 spiro atoms. The first-order valence-electron chi connectivity index (χ1n) is 9.61. The summed E-state index contributed by atoms with van der Waals surface area (Å²) < 4.78 is 5.16. The summed E-state index contributed by atoms with van der Waals surface area (Å²) in [6, 6.07) is 9.73. The third-order valence-electron chi connectivity index (χ3n) is 5.29. The highest BCUT2D eigenvalue weighted by atomic mass is 16.5. The molecule has 7 nitrogen and oxygen atoms in total. The van der Waals surface area contributed by atoms with Gasteiger partial charge >= 0.3 is 0 Å². The Morgan fingerprint density at radius 1 is 1.21 bits per heavy atom. The molecule has 1 aliphatic rings. The number of benzene rings is 1. The van der Waals surface area contributed by atoms with Crippen LogP contribution in [0.5, 0.6) is 5.75 Å². The van der Waals surface area contributed by atoms with E-state index >= 15 is 0 Å². The van der Waals surface area contributed by atoms with Gasteiger partial charge in [-0.05, 0) is 43.5 Å². The van der Waals surface area contributed by atoms with Crippen LogP contribution < -0.4 is 15.0 Å². The van der Waals surface area contributed by atoms with Gasteiger partial charge in [0.15, 0.2) is 5.82 Å². The average Bonchev–Trinajstić information content (AvgIpc) is 3.20. The Kier molecular flexibility index (Phi) is 5.14. The molecule has 0 radical (unpaired) electrons. The second kappa shape index (κ2) is 7.88. The van der Waals surface area contributed by atoms with Crippen LogP contribution in [0, 0.1) is 12.8 Å². The highest BCUT2D eigenvalue weighted by molar-refractivity contribution is 5.86. The van der Waals surface area contributed by atoms with E-state index in [2.05, 4.69) is 25.2 Å². The molecule has 0 atom stereocenters. The Morgan fingerprint density at radius 3 is 2.68 bits per heavy atom. The molecule has 0 bridgehead atoms. The number of aromatic nitrogens is 3. The van der Waals surface area contributed by atoms with Gasteiger partial charge in [0.25, 0.3) is 0 Å². The highest BCUT2D eigenvalue weighted by Gasteiger charge is 2.26. The maximum absolute atomic E-state index is 12.6. The number of piperidine rings is 1. The van der Waals surface area contributed by atoms with Crippen LogP contribution in [0.3, 0.4) is 0 Å². The number of rotatable bonds is 5. The summed E-state index contributed by atoms with van der Waals surface area (Å²) in [5.41, 5.74) is 2.96. The van der Waals surface area contributed by atoms with Crippen molar-refractivity contribution in [2.75, 3.05) is 25.1 Å². The van der Waals surface area contributed by atoms with E-state index in [9.17, 15) is 4.79 Å². The number of nitrogens with zero attached hydrogens (tertiary/aromatic N) is 3. The Bertz CT molecular complexity index is 959. The highest BCUT2D eigenvalue weighted by Crippen LogP contribution is 2.27. The zero-order chi connectivity index (χ0) is 19.5. The van der Waals surface area contributed by atoms with Crippen LogP contribution in [0.25, 0.3) is 11.0 Å². The van der Waals surface area contributed by atoms with Crippen molar-refractivity contribution in [1.82, 2.24) is 20.3 Å². The monoisotopic (exact) mass is 379 g/mol. The quantitative estimate of drug-likeness (QED) is 0.712. The van der Waals surface area contributed by atoms with E-state index in [1.165, 1.54) is 0 Å². The molecule has 28 heavy (non-hydrogen) atoms. The van der Waals surface area contributed by atoms with Gasteiger partial charge in [0.1, 0.15) is 17.1 Å². The Labute approximate surface area is 164 Å². The Balaban J connectivity index is 1.34. The van der Waals surface area contributed by atoms with Crippen molar-refractivity contribution >= 4 is 22.8 Å². The van der Waals surface area contributed by atoms with Crippen LogP contribution in [-0.2, 0) is 11.3 Å². The summed E-state index contributed by atoms with van der Waals surface area (Å²) in [5.74, 6) is 2.68. The fraction of sp³-hybridized carbons (Fsp3) is 0.381. The first-order valence-corrected chi connectivity index (χ1v) is 9.61. The smallest absolute Gasteiger partial charge is 0.223 e. The zero-order valence-corrected chi connectivity index (χ0v) is 16.2. The lowest BCUT2D eigenvalue weighted by molar-refractivity contribution is -0.125. The summed E-state index contributed by atoms with van der Waals surface area (Å²) in [6.07, 6.45) is 3.53. The number of aryl methyl sites for hydroxylation is 1. The SMILES string of the molecule is COc1ccc(CNC(=O)C2CCN(c3nc(C)nc4cc[nH]c34)CC2)cc1. The third kappa shape index (κ3) is 3.78. The van der Waals surface area contributed by atoms with Crippen molar-refractivity contribution in [2.24, 2.45) is 5.92 Å². The molecule has 2 aromatic heterocycles. The molecule has 1 fully saturated rings. The molecule has 0 aliphatic carbocycles. The van der Waals surface area contributed by atoms with Gasteiger partial charge < -0.3 is 19.9 Å². The van der Waals surface area contributed by atoms with Crippen LogP contribution in [0.4, 0.5) is 5.82 Å². The van der Waals surface area contributed by atoms with Gasteiger partial charge in [0, 0.05) is 31.7 Å². The van der Waals surface area contributed by atoms with E-state index in [1.54, 1.807) is 7.11 Å². The summed E-state index contributed by atoms with van der Waals surface area (Å²) in [5, 5.41) is 3.07. The third-order valence-corrected chi connectivity index (χ3v) is 5.29. The minimum Gasteiger partial charge on any atom is -0.497 e. The summed E-state index contributed by atoms with van der Waals surface area (Å²) >= 11 is 0.